The van der Waals surface area contributed by atoms with Gasteiger partial charge in [-0.3, -0.25) is 0 Å². The fourth-order valence-electron chi connectivity index (χ4n) is 1.95. The average Bonchev–Trinajstić information content (AvgIpc) is 2.33. The SMILES string of the molecule is CN(CCF)CC1CCCNCC1. The van der Waals surface area contributed by atoms with Gasteiger partial charge in [-0.2, -0.15) is 0 Å². The van der Waals surface area contributed by atoms with Crippen LogP contribution >= 0.6 is 0 Å². The van der Waals surface area contributed by atoms with Gasteiger partial charge >= 0.3 is 0 Å². The van der Waals surface area contributed by atoms with E-state index in [1.807, 2.05) is 7.05 Å². The molecule has 0 amide bonds. The first-order chi connectivity index (χ1) is 6.33. The van der Waals surface area contributed by atoms with Gasteiger partial charge in [0.1, 0.15) is 6.67 Å². The molecule has 1 N–H and O–H groups in total. The third kappa shape index (κ3) is 4.58. The van der Waals surface area contributed by atoms with Crippen LogP contribution in [0.4, 0.5) is 4.39 Å². The molecule has 13 heavy (non-hydrogen) atoms. The molecule has 1 atom stereocenters. The molecule has 0 aromatic carbocycles. The van der Waals surface area contributed by atoms with Crippen LogP contribution in [0.5, 0.6) is 0 Å². The van der Waals surface area contributed by atoms with Gasteiger partial charge in [0.15, 0.2) is 0 Å². The van der Waals surface area contributed by atoms with Gasteiger partial charge in [-0.1, -0.05) is 0 Å². The number of nitrogens with zero attached hydrogens (tertiary/aromatic N) is 1. The zero-order valence-electron chi connectivity index (χ0n) is 8.56. The van der Waals surface area contributed by atoms with Crippen molar-refractivity contribution in [2.75, 3.05) is 39.9 Å². The molecule has 0 aromatic heterocycles. The van der Waals surface area contributed by atoms with Gasteiger partial charge in [0.05, 0.1) is 0 Å². The highest BCUT2D eigenvalue weighted by Crippen LogP contribution is 2.14. The third-order valence-electron chi connectivity index (χ3n) is 2.73. The first-order valence-electron chi connectivity index (χ1n) is 5.28. The largest absolute Gasteiger partial charge is 0.317 e. The summed E-state index contributed by atoms with van der Waals surface area (Å²) in [7, 11) is 2.01. The van der Waals surface area contributed by atoms with Gasteiger partial charge in [0, 0.05) is 13.1 Å². The Kier molecular flexibility index (Phi) is 5.32. The Bertz CT molecular complexity index is 122. The lowest BCUT2D eigenvalue weighted by Gasteiger charge is -2.21. The Labute approximate surface area is 80.5 Å². The van der Waals surface area contributed by atoms with Gasteiger partial charge in [-0.05, 0) is 45.3 Å². The summed E-state index contributed by atoms with van der Waals surface area (Å²) < 4.78 is 12.0. The molecule has 1 fully saturated rings. The minimum atomic E-state index is -0.221. The number of rotatable bonds is 4. The molecule has 1 heterocycles. The van der Waals surface area contributed by atoms with E-state index in [9.17, 15) is 4.39 Å². The second-order valence-corrected chi connectivity index (χ2v) is 4.00. The maximum Gasteiger partial charge on any atom is 0.102 e. The highest BCUT2D eigenvalue weighted by molar-refractivity contribution is 4.69. The van der Waals surface area contributed by atoms with Crippen LogP contribution in [-0.2, 0) is 0 Å². The first kappa shape index (κ1) is 10.9. The summed E-state index contributed by atoms with van der Waals surface area (Å²) >= 11 is 0. The molecule has 1 unspecified atom stereocenters. The number of hydrogen-bond donors (Lipinski definition) is 1. The number of alkyl halides is 1. The lowest BCUT2D eigenvalue weighted by Crippen LogP contribution is -2.28. The molecule has 1 aliphatic heterocycles. The summed E-state index contributed by atoms with van der Waals surface area (Å²) in [5, 5.41) is 3.39. The molecule has 1 saturated heterocycles. The third-order valence-corrected chi connectivity index (χ3v) is 2.73. The molecule has 0 aromatic rings. The first-order valence-corrected chi connectivity index (χ1v) is 5.28. The predicted octanol–water partition coefficient (Wildman–Crippen LogP) is 1.28. The summed E-state index contributed by atoms with van der Waals surface area (Å²) in [4.78, 5) is 2.11. The zero-order chi connectivity index (χ0) is 9.52. The van der Waals surface area contributed by atoms with Crippen LogP contribution < -0.4 is 5.32 Å². The summed E-state index contributed by atoms with van der Waals surface area (Å²) in [6.07, 6.45) is 3.81. The number of hydrogen-bond acceptors (Lipinski definition) is 2. The number of nitrogens with one attached hydrogen (secondary N) is 1. The van der Waals surface area contributed by atoms with Crippen LogP contribution in [0, 0.1) is 5.92 Å². The van der Waals surface area contributed by atoms with Gasteiger partial charge in [0.25, 0.3) is 0 Å². The van der Waals surface area contributed by atoms with Crippen molar-refractivity contribution in [3.05, 3.63) is 0 Å². The van der Waals surface area contributed by atoms with Gasteiger partial charge in [-0.15, -0.1) is 0 Å². The smallest absolute Gasteiger partial charge is 0.102 e. The Morgan fingerprint density at radius 2 is 2.23 bits per heavy atom. The average molecular weight is 188 g/mol. The lowest BCUT2D eigenvalue weighted by molar-refractivity contribution is 0.243. The Morgan fingerprint density at radius 3 is 3.00 bits per heavy atom. The van der Waals surface area contributed by atoms with Crippen molar-refractivity contribution in [1.29, 1.82) is 0 Å². The predicted molar refractivity (Wildman–Crippen MR) is 53.7 cm³/mol. The molecule has 3 heteroatoms. The molecular formula is C10H21FN2. The Hall–Kier alpha value is -0.150. The van der Waals surface area contributed by atoms with Crippen molar-refractivity contribution in [2.24, 2.45) is 5.92 Å². The fraction of sp³-hybridized carbons (Fsp3) is 1.00. The summed E-state index contributed by atoms with van der Waals surface area (Å²) in [6, 6.07) is 0. The Balaban J connectivity index is 2.17. The molecule has 2 nitrogen and oxygen atoms in total. The molecule has 1 aliphatic rings. The van der Waals surface area contributed by atoms with Crippen LogP contribution in [0.3, 0.4) is 0 Å². The van der Waals surface area contributed by atoms with Crippen LogP contribution in [0.1, 0.15) is 19.3 Å². The maximum absolute atomic E-state index is 12.0. The number of halogens is 1. The second-order valence-electron chi connectivity index (χ2n) is 4.00. The topological polar surface area (TPSA) is 15.3 Å². The van der Waals surface area contributed by atoms with Crippen LogP contribution in [0.2, 0.25) is 0 Å². The molecule has 0 spiro atoms. The van der Waals surface area contributed by atoms with E-state index in [1.165, 1.54) is 19.3 Å². The van der Waals surface area contributed by atoms with E-state index in [0.29, 0.717) is 6.54 Å². The highest BCUT2D eigenvalue weighted by Gasteiger charge is 2.13. The van der Waals surface area contributed by atoms with E-state index in [0.717, 1.165) is 25.6 Å². The maximum atomic E-state index is 12.0. The van der Waals surface area contributed by atoms with E-state index < -0.39 is 0 Å². The highest BCUT2D eigenvalue weighted by atomic mass is 19.1. The molecular weight excluding hydrogens is 167 g/mol. The fourth-order valence-corrected chi connectivity index (χ4v) is 1.95. The minimum Gasteiger partial charge on any atom is -0.317 e. The summed E-state index contributed by atoms with van der Waals surface area (Å²) in [5.74, 6) is 0.770. The minimum absolute atomic E-state index is 0.221. The van der Waals surface area contributed by atoms with Crippen molar-refractivity contribution < 1.29 is 4.39 Å². The van der Waals surface area contributed by atoms with Gasteiger partial charge in [0.2, 0.25) is 0 Å². The van der Waals surface area contributed by atoms with Crippen LogP contribution in [0.15, 0.2) is 0 Å². The van der Waals surface area contributed by atoms with E-state index >= 15 is 0 Å². The summed E-state index contributed by atoms with van der Waals surface area (Å²) in [5.41, 5.74) is 0. The van der Waals surface area contributed by atoms with Crippen molar-refractivity contribution in [1.82, 2.24) is 10.2 Å². The van der Waals surface area contributed by atoms with Gasteiger partial charge in [-0.25, -0.2) is 4.39 Å². The molecule has 0 radical (unpaired) electrons. The molecule has 1 rings (SSSR count). The normalized spacial score (nSPS) is 24.7. The zero-order valence-corrected chi connectivity index (χ0v) is 8.56. The standard InChI is InChI=1S/C10H21FN2/c1-13(8-5-11)9-10-3-2-6-12-7-4-10/h10,12H,2-9H2,1H3. The van der Waals surface area contributed by atoms with E-state index in [1.54, 1.807) is 0 Å². The second kappa shape index (κ2) is 6.33. The van der Waals surface area contributed by atoms with Crippen molar-refractivity contribution >= 4 is 0 Å². The summed E-state index contributed by atoms with van der Waals surface area (Å²) in [6.45, 7) is 3.72. The van der Waals surface area contributed by atoms with Crippen molar-refractivity contribution in [2.45, 2.75) is 19.3 Å². The van der Waals surface area contributed by atoms with Crippen molar-refractivity contribution in [3.8, 4) is 0 Å². The molecule has 0 aliphatic carbocycles. The van der Waals surface area contributed by atoms with Crippen LogP contribution in [0.25, 0.3) is 0 Å². The van der Waals surface area contributed by atoms with E-state index in [4.69, 9.17) is 0 Å². The molecule has 0 saturated carbocycles. The monoisotopic (exact) mass is 188 g/mol. The molecule has 78 valence electrons. The van der Waals surface area contributed by atoms with E-state index in [-0.39, 0.29) is 6.67 Å². The molecule has 0 bridgehead atoms. The van der Waals surface area contributed by atoms with E-state index in [2.05, 4.69) is 10.2 Å². The Morgan fingerprint density at radius 1 is 1.38 bits per heavy atom. The van der Waals surface area contributed by atoms with Gasteiger partial charge < -0.3 is 10.2 Å². The van der Waals surface area contributed by atoms with Crippen molar-refractivity contribution in [3.63, 3.8) is 0 Å². The van der Waals surface area contributed by atoms with Crippen LogP contribution in [-0.4, -0.2) is 44.8 Å². The lowest BCUT2D eigenvalue weighted by atomic mass is 10.0. The quantitative estimate of drug-likeness (QED) is 0.715.